The van der Waals surface area contributed by atoms with E-state index in [1.54, 1.807) is 6.07 Å². The van der Waals surface area contributed by atoms with Crippen LogP contribution < -0.4 is 0 Å². The third-order valence-corrected chi connectivity index (χ3v) is 3.52. The zero-order valence-corrected chi connectivity index (χ0v) is 11.9. The van der Waals surface area contributed by atoms with E-state index in [9.17, 15) is 9.18 Å². The molecule has 0 aliphatic rings. The first-order chi connectivity index (χ1) is 9.65. The van der Waals surface area contributed by atoms with Crippen LogP contribution >= 0.6 is 11.6 Å². The molecule has 0 heterocycles. The van der Waals surface area contributed by atoms with Crippen molar-refractivity contribution in [2.24, 2.45) is 0 Å². The molecule has 2 aromatic carbocycles. The van der Waals surface area contributed by atoms with Crippen molar-refractivity contribution in [2.75, 3.05) is 0 Å². The highest BCUT2D eigenvalue weighted by molar-refractivity contribution is 6.31. The van der Waals surface area contributed by atoms with Gasteiger partial charge in [-0.2, -0.15) is 0 Å². The molecule has 3 heteroatoms. The van der Waals surface area contributed by atoms with Crippen LogP contribution in [0, 0.1) is 5.82 Å². The maximum atomic E-state index is 12.9. The average Bonchev–Trinajstić information content (AvgIpc) is 2.43. The summed E-state index contributed by atoms with van der Waals surface area (Å²) in [5.41, 5.74) is 1.93. The molecular formula is C17H16ClFO. The first-order valence-electron chi connectivity index (χ1n) is 6.65. The monoisotopic (exact) mass is 290 g/mol. The minimum absolute atomic E-state index is 0.134. The zero-order valence-electron chi connectivity index (χ0n) is 11.1. The van der Waals surface area contributed by atoms with Gasteiger partial charge in [-0.05, 0) is 36.1 Å². The van der Waals surface area contributed by atoms with Crippen molar-refractivity contribution in [1.29, 1.82) is 0 Å². The SMILES string of the molecule is O=C(CCCc1ccccc1)Cc1ccc(F)cc1Cl. The Kier molecular flexibility index (Phi) is 5.31. The smallest absolute Gasteiger partial charge is 0.137 e. The zero-order chi connectivity index (χ0) is 14.4. The van der Waals surface area contributed by atoms with Crippen molar-refractivity contribution in [3.05, 3.63) is 70.5 Å². The maximum Gasteiger partial charge on any atom is 0.137 e. The lowest BCUT2D eigenvalue weighted by Gasteiger charge is -2.04. The summed E-state index contributed by atoms with van der Waals surface area (Å²) in [6.07, 6.45) is 2.50. The predicted octanol–water partition coefficient (Wildman–Crippen LogP) is 4.61. The quantitative estimate of drug-likeness (QED) is 0.759. The molecule has 0 spiro atoms. The third kappa shape index (κ3) is 4.46. The molecule has 0 N–H and O–H groups in total. The van der Waals surface area contributed by atoms with E-state index >= 15 is 0 Å². The van der Waals surface area contributed by atoms with Gasteiger partial charge in [0.15, 0.2) is 0 Å². The number of carbonyl (C=O) groups excluding carboxylic acids is 1. The Morgan fingerprint density at radius 3 is 2.55 bits per heavy atom. The van der Waals surface area contributed by atoms with Crippen LogP contribution in [0.5, 0.6) is 0 Å². The van der Waals surface area contributed by atoms with Crippen LogP contribution in [0.2, 0.25) is 5.02 Å². The molecule has 0 bridgehead atoms. The Morgan fingerprint density at radius 2 is 1.85 bits per heavy atom. The van der Waals surface area contributed by atoms with Gasteiger partial charge in [0.2, 0.25) is 0 Å². The number of benzene rings is 2. The lowest BCUT2D eigenvalue weighted by molar-refractivity contribution is -0.118. The summed E-state index contributed by atoms with van der Waals surface area (Å²) in [6, 6.07) is 14.2. The average molecular weight is 291 g/mol. The van der Waals surface area contributed by atoms with Crippen molar-refractivity contribution in [2.45, 2.75) is 25.7 Å². The van der Waals surface area contributed by atoms with Gasteiger partial charge in [-0.3, -0.25) is 4.79 Å². The summed E-state index contributed by atoms with van der Waals surface area (Å²) in [6.45, 7) is 0. The standard InChI is InChI=1S/C17H16ClFO/c18-17-12-15(19)10-9-14(17)11-16(20)8-4-7-13-5-2-1-3-6-13/h1-3,5-6,9-10,12H,4,7-8,11H2. The number of halogens is 2. The number of hydrogen-bond donors (Lipinski definition) is 0. The van der Waals surface area contributed by atoms with Gasteiger partial charge in [-0.15, -0.1) is 0 Å². The van der Waals surface area contributed by atoms with E-state index in [2.05, 4.69) is 12.1 Å². The normalized spacial score (nSPS) is 10.5. The fraction of sp³-hybridized carbons (Fsp3) is 0.235. The van der Waals surface area contributed by atoms with Crippen molar-refractivity contribution < 1.29 is 9.18 Å². The molecule has 0 saturated carbocycles. The van der Waals surface area contributed by atoms with Gasteiger partial charge in [0.25, 0.3) is 0 Å². The van der Waals surface area contributed by atoms with Crippen molar-refractivity contribution in [1.82, 2.24) is 0 Å². The molecule has 0 fully saturated rings. The van der Waals surface area contributed by atoms with Crippen molar-refractivity contribution in [3.8, 4) is 0 Å². The number of rotatable bonds is 6. The third-order valence-electron chi connectivity index (χ3n) is 3.17. The number of aryl methyl sites for hydroxylation is 1. The highest BCUT2D eigenvalue weighted by Gasteiger charge is 2.08. The molecule has 0 saturated heterocycles. The Bertz CT molecular complexity index is 581. The number of carbonyl (C=O) groups is 1. The molecule has 0 aliphatic heterocycles. The summed E-state index contributed by atoms with van der Waals surface area (Å²) in [5, 5.41) is 0.321. The molecule has 0 atom stereocenters. The van der Waals surface area contributed by atoms with Crippen LogP contribution in [0.4, 0.5) is 4.39 Å². The molecule has 2 aromatic rings. The lowest BCUT2D eigenvalue weighted by Crippen LogP contribution is -2.04. The van der Waals surface area contributed by atoms with E-state index in [-0.39, 0.29) is 18.0 Å². The summed E-state index contributed by atoms with van der Waals surface area (Å²) in [4.78, 5) is 11.9. The topological polar surface area (TPSA) is 17.1 Å². The molecule has 20 heavy (non-hydrogen) atoms. The van der Waals surface area contributed by atoms with Gasteiger partial charge in [-0.1, -0.05) is 48.0 Å². The van der Waals surface area contributed by atoms with Crippen LogP contribution in [0.1, 0.15) is 24.0 Å². The lowest BCUT2D eigenvalue weighted by atomic mass is 10.0. The minimum atomic E-state index is -0.379. The van der Waals surface area contributed by atoms with Crippen molar-refractivity contribution >= 4 is 17.4 Å². The highest BCUT2D eigenvalue weighted by Crippen LogP contribution is 2.18. The number of ketones is 1. The van der Waals surface area contributed by atoms with E-state index < -0.39 is 0 Å². The second kappa shape index (κ2) is 7.20. The van der Waals surface area contributed by atoms with Gasteiger partial charge in [-0.25, -0.2) is 4.39 Å². The molecule has 1 nitrogen and oxygen atoms in total. The number of hydrogen-bond acceptors (Lipinski definition) is 1. The molecule has 104 valence electrons. The molecule has 0 radical (unpaired) electrons. The van der Waals surface area contributed by atoms with E-state index in [4.69, 9.17) is 11.6 Å². The van der Waals surface area contributed by atoms with Crippen LogP contribution in [0.25, 0.3) is 0 Å². The fourth-order valence-corrected chi connectivity index (χ4v) is 2.33. The first kappa shape index (κ1) is 14.7. The first-order valence-corrected chi connectivity index (χ1v) is 7.02. The Balaban J connectivity index is 1.81. The second-order valence-corrected chi connectivity index (χ2v) is 5.20. The van der Waals surface area contributed by atoms with Crippen LogP contribution in [0.3, 0.4) is 0 Å². The Hall–Kier alpha value is -1.67. The molecule has 0 aromatic heterocycles. The predicted molar refractivity (Wildman–Crippen MR) is 79.5 cm³/mol. The largest absolute Gasteiger partial charge is 0.299 e. The maximum absolute atomic E-state index is 12.9. The molecular weight excluding hydrogens is 275 g/mol. The van der Waals surface area contributed by atoms with Gasteiger partial charge in [0.05, 0.1) is 0 Å². The summed E-state index contributed by atoms with van der Waals surface area (Å²) >= 11 is 5.91. The molecule has 2 rings (SSSR count). The fourth-order valence-electron chi connectivity index (χ4n) is 2.10. The van der Waals surface area contributed by atoms with E-state index in [1.165, 1.54) is 17.7 Å². The van der Waals surface area contributed by atoms with E-state index in [0.29, 0.717) is 17.0 Å². The Morgan fingerprint density at radius 1 is 1.10 bits per heavy atom. The van der Waals surface area contributed by atoms with Crippen LogP contribution in [0.15, 0.2) is 48.5 Å². The van der Waals surface area contributed by atoms with E-state index in [1.807, 2.05) is 18.2 Å². The van der Waals surface area contributed by atoms with Crippen molar-refractivity contribution in [3.63, 3.8) is 0 Å². The minimum Gasteiger partial charge on any atom is -0.299 e. The molecule has 0 unspecified atom stereocenters. The van der Waals surface area contributed by atoms with Crippen LogP contribution in [-0.4, -0.2) is 5.78 Å². The molecule has 0 aliphatic carbocycles. The highest BCUT2D eigenvalue weighted by atomic mass is 35.5. The van der Waals surface area contributed by atoms with Gasteiger partial charge < -0.3 is 0 Å². The number of Topliss-reactive ketones (excluding diaryl/α,β-unsaturated/α-hetero) is 1. The van der Waals surface area contributed by atoms with Gasteiger partial charge in [0, 0.05) is 17.9 Å². The summed E-state index contributed by atoms with van der Waals surface area (Å²) < 4.78 is 12.9. The van der Waals surface area contributed by atoms with E-state index in [0.717, 1.165) is 12.8 Å². The second-order valence-electron chi connectivity index (χ2n) is 4.79. The molecule has 0 amide bonds. The Labute approximate surface area is 123 Å². The summed E-state index contributed by atoms with van der Waals surface area (Å²) in [5.74, 6) is -0.246. The summed E-state index contributed by atoms with van der Waals surface area (Å²) in [7, 11) is 0. The van der Waals surface area contributed by atoms with Gasteiger partial charge >= 0.3 is 0 Å². The van der Waals surface area contributed by atoms with Gasteiger partial charge in [0.1, 0.15) is 11.6 Å². The van der Waals surface area contributed by atoms with Crippen LogP contribution in [-0.2, 0) is 17.6 Å².